The van der Waals surface area contributed by atoms with Crippen LogP contribution in [-0.4, -0.2) is 17.5 Å². The van der Waals surface area contributed by atoms with Gasteiger partial charge in [-0.25, -0.2) is 0 Å². The van der Waals surface area contributed by atoms with Crippen molar-refractivity contribution >= 4 is 24.3 Å². The van der Waals surface area contributed by atoms with Crippen molar-refractivity contribution in [2.45, 2.75) is 18.2 Å². The predicted octanol–water partition coefficient (Wildman–Crippen LogP) is 1.86. The van der Waals surface area contributed by atoms with Gasteiger partial charge in [0.05, 0.1) is 23.5 Å². The molecule has 94 valence electrons. The number of ether oxygens (including phenoxy) is 1. The summed E-state index contributed by atoms with van der Waals surface area (Å²) in [6.45, 7) is 1.85. The van der Waals surface area contributed by atoms with Gasteiger partial charge in [-0.15, -0.1) is 12.6 Å². The molecule has 0 N–H and O–H groups in total. The summed E-state index contributed by atoms with van der Waals surface area (Å²) in [6, 6.07) is 4.56. The molecule has 0 saturated carbocycles. The molecule has 0 fully saturated rings. The molecule has 0 aliphatic rings. The molecule has 18 heavy (non-hydrogen) atoms. The van der Waals surface area contributed by atoms with E-state index in [1.165, 1.54) is 12.1 Å². The Balaban J connectivity index is 3.21. The van der Waals surface area contributed by atoms with Gasteiger partial charge in [0.2, 0.25) is 0 Å². The minimum absolute atomic E-state index is 0.0377. The van der Waals surface area contributed by atoms with Gasteiger partial charge in [0, 0.05) is 5.56 Å². The van der Waals surface area contributed by atoms with E-state index in [2.05, 4.69) is 12.6 Å². The molecule has 1 rings (SSSR count). The molecule has 0 saturated heterocycles. The second-order valence-corrected chi connectivity index (χ2v) is 3.77. The Morgan fingerprint density at radius 3 is 2.78 bits per heavy atom. The van der Waals surface area contributed by atoms with E-state index in [-0.39, 0.29) is 34.7 Å². The van der Waals surface area contributed by atoms with Crippen molar-refractivity contribution in [2.24, 2.45) is 0 Å². The Morgan fingerprint density at radius 1 is 1.61 bits per heavy atom. The van der Waals surface area contributed by atoms with Gasteiger partial charge in [-0.1, -0.05) is 6.07 Å². The number of benzene rings is 1. The minimum Gasteiger partial charge on any atom is -0.466 e. The third-order valence-corrected chi connectivity index (χ3v) is 2.63. The van der Waals surface area contributed by atoms with Crippen molar-refractivity contribution < 1.29 is 14.5 Å². The lowest BCUT2D eigenvalue weighted by Crippen LogP contribution is -2.09. The van der Waals surface area contributed by atoms with Crippen LogP contribution < -0.4 is 0 Å². The van der Waals surface area contributed by atoms with Gasteiger partial charge in [-0.2, -0.15) is 5.26 Å². The molecule has 0 bridgehead atoms. The van der Waals surface area contributed by atoms with Crippen molar-refractivity contribution in [3.63, 3.8) is 0 Å². The first-order valence-electron chi connectivity index (χ1n) is 5.06. The van der Waals surface area contributed by atoms with Crippen LogP contribution in [0.2, 0.25) is 0 Å². The van der Waals surface area contributed by atoms with Gasteiger partial charge in [-0.3, -0.25) is 14.9 Å². The van der Waals surface area contributed by atoms with Gasteiger partial charge in [0.15, 0.2) is 0 Å². The first-order chi connectivity index (χ1) is 8.51. The molecule has 0 unspecified atom stereocenters. The third kappa shape index (κ3) is 2.99. The van der Waals surface area contributed by atoms with Crippen molar-refractivity contribution in [1.82, 2.24) is 0 Å². The summed E-state index contributed by atoms with van der Waals surface area (Å²) in [5.41, 5.74) is -0.0504. The Bertz CT molecular complexity index is 537. The summed E-state index contributed by atoms with van der Waals surface area (Å²) < 4.78 is 4.73. The topological polar surface area (TPSA) is 93.2 Å². The smallest absolute Gasteiger partial charge is 0.310 e. The van der Waals surface area contributed by atoms with Gasteiger partial charge in [0.1, 0.15) is 11.0 Å². The first kappa shape index (κ1) is 14.0. The van der Waals surface area contributed by atoms with Crippen LogP contribution in [0.4, 0.5) is 5.69 Å². The predicted molar refractivity (Wildman–Crippen MR) is 65.4 cm³/mol. The maximum atomic E-state index is 11.3. The molecular formula is C11H10N2O4S. The molecule has 0 spiro atoms. The monoisotopic (exact) mass is 266 g/mol. The summed E-state index contributed by atoms with van der Waals surface area (Å²) >= 11 is 3.96. The highest BCUT2D eigenvalue weighted by Crippen LogP contribution is 2.30. The van der Waals surface area contributed by atoms with Crippen LogP contribution in [0.15, 0.2) is 17.0 Å². The summed E-state index contributed by atoms with van der Waals surface area (Å²) in [7, 11) is 0. The normalized spacial score (nSPS) is 9.61. The van der Waals surface area contributed by atoms with Crippen LogP contribution in [-0.2, 0) is 16.0 Å². The lowest BCUT2D eigenvalue weighted by Gasteiger charge is -2.06. The van der Waals surface area contributed by atoms with E-state index in [1.807, 2.05) is 0 Å². The molecule has 0 aliphatic carbocycles. The average molecular weight is 266 g/mol. The summed E-state index contributed by atoms with van der Waals surface area (Å²) in [5.74, 6) is -0.557. The summed E-state index contributed by atoms with van der Waals surface area (Å²) in [5, 5.41) is 19.7. The van der Waals surface area contributed by atoms with E-state index in [0.717, 1.165) is 0 Å². The van der Waals surface area contributed by atoms with Crippen LogP contribution in [0, 0.1) is 21.4 Å². The maximum Gasteiger partial charge on any atom is 0.310 e. The summed E-state index contributed by atoms with van der Waals surface area (Å²) in [4.78, 5) is 21.6. The number of hydrogen-bond acceptors (Lipinski definition) is 6. The van der Waals surface area contributed by atoms with Crippen LogP contribution in [0.5, 0.6) is 0 Å². The fourth-order valence-corrected chi connectivity index (χ4v) is 1.78. The van der Waals surface area contributed by atoms with E-state index in [1.54, 1.807) is 13.0 Å². The van der Waals surface area contributed by atoms with Gasteiger partial charge >= 0.3 is 5.97 Å². The van der Waals surface area contributed by atoms with Crippen LogP contribution in [0.25, 0.3) is 0 Å². The zero-order valence-corrected chi connectivity index (χ0v) is 10.4. The zero-order chi connectivity index (χ0) is 13.7. The van der Waals surface area contributed by atoms with E-state index in [9.17, 15) is 14.9 Å². The number of hydrogen-bond donors (Lipinski definition) is 1. The SMILES string of the molecule is CCOC(=O)Cc1ccc(C#N)c(S)c1[N+](=O)[O-]. The summed E-state index contributed by atoms with van der Waals surface area (Å²) in [6.07, 6.45) is -0.219. The largest absolute Gasteiger partial charge is 0.466 e. The average Bonchev–Trinajstić information content (AvgIpc) is 2.29. The molecular weight excluding hydrogens is 256 g/mol. The first-order valence-corrected chi connectivity index (χ1v) is 5.51. The van der Waals surface area contributed by atoms with Crippen LogP contribution in [0.3, 0.4) is 0 Å². The minimum atomic E-state index is -0.655. The number of nitro benzene ring substituents is 1. The number of carbonyl (C=O) groups excluding carboxylic acids is 1. The Hall–Kier alpha value is -2.07. The van der Waals surface area contributed by atoms with Crippen molar-refractivity contribution in [3.05, 3.63) is 33.4 Å². The Kier molecular flexibility index (Phi) is 4.68. The molecule has 0 amide bonds. The van der Waals surface area contributed by atoms with E-state index >= 15 is 0 Å². The number of rotatable bonds is 4. The molecule has 1 aromatic carbocycles. The highest BCUT2D eigenvalue weighted by molar-refractivity contribution is 7.80. The van der Waals surface area contributed by atoms with Gasteiger partial charge in [-0.05, 0) is 13.0 Å². The molecule has 1 aromatic rings. The highest BCUT2D eigenvalue weighted by Gasteiger charge is 2.22. The second-order valence-electron chi connectivity index (χ2n) is 3.32. The molecule has 6 nitrogen and oxygen atoms in total. The van der Waals surface area contributed by atoms with E-state index in [4.69, 9.17) is 10.00 Å². The number of carbonyl (C=O) groups is 1. The van der Waals surface area contributed by atoms with Crippen molar-refractivity contribution in [2.75, 3.05) is 6.61 Å². The second kappa shape index (κ2) is 6.02. The van der Waals surface area contributed by atoms with Crippen molar-refractivity contribution in [1.29, 1.82) is 5.26 Å². The highest BCUT2D eigenvalue weighted by atomic mass is 32.1. The third-order valence-electron chi connectivity index (χ3n) is 2.18. The van der Waals surface area contributed by atoms with Crippen molar-refractivity contribution in [3.8, 4) is 6.07 Å². The fourth-order valence-electron chi connectivity index (χ4n) is 1.43. The Labute approximate surface area is 109 Å². The zero-order valence-electron chi connectivity index (χ0n) is 9.54. The molecule has 0 atom stereocenters. The Morgan fingerprint density at radius 2 is 2.28 bits per heavy atom. The molecule has 0 aromatic heterocycles. The van der Waals surface area contributed by atoms with Gasteiger partial charge < -0.3 is 4.74 Å². The molecule has 7 heteroatoms. The number of nitriles is 1. The number of nitrogens with zero attached hydrogens (tertiary/aromatic N) is 2. The number of esters is 1. The van der Waals surface area contributed by atoms with E-state index in [0.29, 0.717) is 0 Å². The number of nitro groups is 1. The number of thiol groups is 1. The molecule has 0 aliphatic heterocycles. The molecule has 0 heterocycles. The lowest BCUT2D eigenvalue weighted by atomic mass is 10.1. The van der Waals surface area contributed by atoms with Gasteiger partial charge in [0.25, 0.3) is 5.69 Å². The standard InChI is InChI=1S/C11H10N2O4S/c1-2-17-9(14)5-7-3-4-8(6-12)11(18)10(7)13(15)16/h3-4,18H,2,5H2,1H3. The lowest BCUT2D eigenvalue weighted by molar-refractivity contribution is -0.388. The van der Waals surface area contributed by atoms with Crippen LogP contribution in [0.1, 0.15) is 18.1 Å². The van der Waals surface area contributed by atoms with Crippen LogP contribution >= 0.6 is 12.6 Å². The fraction of sp³-hybridized carbons (Fsp3) is 0.273. The quantitative estimate of drug-likeness (QED) is 0.388. The molecule has 0 radical (unpaired) electrons. The van der Waals surface area contributed by atoms with E-state index < -0.39 is 10.9 Å². The maximum absolute atomic E-state index is 11.3.